The monoisotopic (exact) mass is 175 g/mol. The maximum atomic E-state index is 10.1. The fourth-order valence-corrected chi connectivity index (χ4v) is 0.812. The van der Waals surface area contributed by atoms with Gasteiger partial charge >= 0.3 is 5.97 Å². The van der Waals surface area contributed by atoms with Gasteiger partial charge in [0.05, 0.1) is 12.5 Å². The van der Waals surface area contributed by atoms with Crippen LogP contribution in [0.15, 0.2) is 0 Å². The van der Waals surface area contributed by atoms with Crippen LogP contribution in [0, 0.1) is 5.92 Å². The van der Waals surface area contributed by atoms with E-state index in [0.29, 0.717) is 12.5 Å². The van der Waals surface area contributed by atoms with Crippen LogP contribution in [-0.2, 0) is 4.79 Å². The lowest BCUT2D eigenvalue weighted by atomic mass is 10.2. The van der Waals surface area contributed by atoms with Crippen molar-refractivity contribution in [3.05, 3.63) is 0 Å². The van der Waals surface area contributed by atoms with E-state index >= 15 is 0 Å². The van der Waals surface area contributed by atoms with Crippen LogP contribution >= 0.6 is 0 Å². The second kappa shape index (κ2) is 5.97. The molecule has 0 heterocycles. The number of aliphatic hydroxyl groups excluding tert-OH is 1. The quantitative estimate of drug-likeness (QED) is 0.534. The molecule has 0 aromatic heterocycles. The molecule has 0 saturated heterocycles. The zero-order valence-corrected chi connectivity index (χ0v) is 7.58. The van der Waals surface area contributed by atoms with Gasteiger partial charge in [-0.25, -0.2) is 0 Å². The van der Waals surface area contributed by atoms with Crippen LogP contribution in [0.2, 0.25) is 0 Å². The molecule has 0 aliphatic rings. The summed E-state index contributed by atoms with van der Waals surface area (Å²) in [6, 6.07) is 0. The van der Waals surface area contributed by atoms with Crippen molar-refractivity contribution in [3.8, 4) is 0 Å². The Morgan fingerprint density at radius 3 is 2.42 bits per heavy atom. The smallest absolute Gasteiger partial charge is 0.306 e. The fraction of sp³-hybridized carbons (Fsp3) is 0.875. The number of rotatable bonds is 6. The highest BCUT2D eigenvalue weighted by Gasteiger charge is 2.08. The van der Waals surface area contributed by atoms with E-state index in [0.717, 1.165) is 6.54 Å². The number of carbonyl (C=O) groups is 1. The molecule has 12 heavy (non-hydrogen) atoms. The van der Waals surface area contributed by atoms with Crippen molar-refractivity contribution >= 4 is 5.97 Å². The van der Waals surface area contributed by atoms with Crippen molar-refractivity contribution in [2.45, 2.75) is 26.4 Å². The van der Waals surface area contributed by atoms with E-state index < -0.39 is 12.1 Å². The summed E-state index contributed by atoms with van der Waals surface area (Å²) >= 11 is 0. The van der Waals surface area contributed by atoms with E-state index in [2.05, 4.69) is 19.2 Å². The zero-order chi connectivity index (χ0) is 9.56. The van der Waals surface area contributed by atoms with E-state index in [4.69, 9.17) is 10.2 Å². The number of nitrogens with one attached hydrogen (secondary N) is 1. The molecular formula is C8H17NO3. The van der Waals surface area contributed by atoms with E-state index in [1.54, 1.807) is 0 Å². The van der Waals surface area contributed by atoms with Gasteiger partial charge in [0.1, 0.15) is 0 Å². The lowest BCUT2D eigenvalue weighted by Crippen LogP contribution is -2.31. The predicted molar refractivity (Wildman–Crippen MR) is 46.0 cm³/mol. The third-order valence-corrected chi connectivity index (χ3v) is 1.34. The third kappa shape index (κ3) is 7.50. The third-order valence-electron chi connectivity index (χ3n) is 1.34. The van der Waals surface area contributed by atoms with Crippen LogP contribution in [0.3, 0.4) is 0 Å². The molecule has 3 N–H and O–H groups in total. The van der Waals surface area contributed by atoms with E-state index in [1.807, 2.05) is 0 Å². The minimum absolute atomic E-state index is 0.189. The van der Waals surface area contributed by atoms with Gasteiger partial charge in [0.15, 0.2) is 0 Å². The molecule has 72 valence electrons. The lowest BCUT2D eigenvalue weighted by Gasteiger charge is -2.10. The van der Waals surface area contributed by atoms with Crippen molar-refractivity contribution < 1.29 is 15.0 Å². The molecule has 0 amide bonds. The standard InChI is InChI=1S/C8H17NO3/c1-6(2)4-9-5-7(10)3-8(11)12/h6-7,9-10H,3-5H2,1-2H3,(H,11,12). The van der Waals surface area contributed by atoms with Crippen LogP contribution in [0.5, 0.6) is 0 Å². The Balaban J connectivity index is 3.31. The van der Waals surface area contributed by atoms with Crippen molar-refractivity contribution in [2.24, 2.45) is 5.92 Å². The summed E-state index contributed by atoms with van der Waals surface area (Å²) in [5.41, 5.74) is 0. The van der Waals surface area contributed by atoms with E-state index in [-0.39, 0.29) is 6.42 Å². The summed E-state index contributed by atoms with van der Waals surface area (Å²) in [6.45, 7) is 5.26. The highest BCUT2D eigenvalue weighted by molar-refractivity contribution is 5.67. The molecule has 4 heteroatoms. The summed E-state index contributed by atoms with van der Waals surface area (Å²) in [5.74, 6) is -0.448. The Morgan fingerprint density at radius 1 is 1.42 bits per heavy atom. The molecular weight excluding hydrogens is 158 g/mol. The summed E-state index contributed by atoms with van der Waals surface area (Å²) in [4.78, 5) is 10.1. The Kier molecular flexibility index (Phi) is 5.66. The minimum atomic E-state index is -0.964. The SMILES string of the molecule is CC(C)CNCC(O)CC(=O)O. The fourth-order valence-electron chi connectivity index (χ4n) is 0.812. The Labute approximate surface area is 72.6 Å². The van der Waals surface area contributed by atoms with Gasteiger partial charge in [0, 0.05) is 6.54 Å². The highest BCUT2D eigenvalue weighted by Crippen LogP contribution is 1.91. The minimum Gasteiger partial charge on any atom is -0.481 e. The maximum absolute atomic E-state index is 10.1. The molecule has 1 atom stereocenters. The van der Waals surface area contributed by atoms with Crippen LogP contribution in [0.4, 0.5) is 0 Å². The van der Waals surface area contributed by atoms with Gasteiger partial charge in [-0.3, -0.25) is 4.79 Å². The highest BCUT2D eigenvalue weighted by atomic mass is 16.4. The summed E-state index contributed by atoms with van der Waals surface area (Å²) < 4.78 is 0. The molecule has 4 nitrogen and oxygen atoms in total. The number of aliphatic hydroxyl groups is 1. The van der Waals surface area contributed by atoms with E-state index in [9.17, 15) is 4.79 Å². The van der Waals surface area contributed by atoms with Crippen molar-refractivity contribution in [3.63, 3.8) is 0 Å². The lowest BCUT2D eigenvalue weighted by molar-refractivity contribution is -0.139. The normalized spacial score (nSPS) is 13.3. The van der Waals surface area contributed by atoms with Crippen LogP contribution in [0.1, 0.15) is 20.3 Å². The van der Waals surface area contributed by atoms with Gasteiger partial charge in [0.2, 0.25) is 0 Å². The Hall–Kier alpha value is -0.610. The number of aliphatic carboxylic acids is 1. The summed E-state index contributed by atoms with van der Waals surface area (Å²) in [5, 5.41) is 20.4. The Bertz CT molecular complexity index is 136. The molecule has 0 aliphatic heterocycles. The summed E-state index contributed by atoms with van der Waals surface area (Å²) in [6.07, 6.45) is -0.966. The van der Waals surface area contributed by atoms with E-state index in [1.165, 1.54) is 0 Å². The molecule has 1 unspecified atom stereocenters. The predicted octanol–water partition coefficient (Wildman–Crippen LogP) is 0.0676. The molecule has 0 saturated carbocycles. The Morgan fingerprint density at radius 2 is 2.00 bits per heavy atom. The average molecular weight is 175 g/mol. The summed E-state index contributed by atoms with van der Waals surface area (Å²) in [7, 11) is 0. The molecule has 0 rings (SSSR count). The first kappa shape index (κ1) is 11.4. The maximum Gasteiger partial charge on any atom is 0.306 e. The molecule has 0 radical (unpaired) electrons. The van der Waals surface area contributed by atoms with Gasteiger partial charge < -0.3 is 15.5 Å². The first-order valence-corrected chi connectivity index (χ1v) is 4.13. The van der Waals surface area contributed by atoms with Crippen molar-refractivity contribution in [1.82, 2.24) is 5.32 Å². The largest absolute Gasteiger partial charge is 0.481 e. The number of hydrogen-bond acceptors (Lipinski definition) is 3. The zero-order valence-electron chi connectivity index (χ0n) is 7.58. The molecule has 0 bridgehead atoms. The number of carboxylic acid groups (broad SMARTS) is 1. The first-order chi connectivity index (χ1) is 5.52. The van der Waals surface area contributed by atoms with Crippen LogP contribution < -0.4 is 5.32 Å². The molecule has 0 aromatic rings. The second-order valence-corrected chi connectivity index (χ2v) is 3.30. The molecule has 0 fully saturated rings. The molecule has 0 aliphatic carbocycles. The van der Waals surface area contributed by atoms with Gasteiger partial charge in [0.25, 0.3) is 0 Å². The number of hydrogen-bond donors (Lipinski definition) is 3. The van der Waals surface area contributed by atoms with Crippen molar-refractivity contribution in [2.75, 3.05) is 13.1 Å². The van der Waals surface area contributed by atoms with Gasteiger partial charge in [-0.05, 0) is 12.5 Å². The van der Waals surface area contributed by atoms with Crippen LogP contribution in [-0.4, -0.2) is 35.4 Å². The second-order valence-electron chi connectivity index (χ2n) is 3.30. The van der Waals surface area contributed by atoms with Gasteiger partial charge in [-0.15, -0.1) is 0 Å². The topological polar surface area (TPSA) is 69.6 Å². The average Bonchev–Trinajstić information content (AvgIpc) is 1.84. The van der Waals surface area contributed by atoms with Crippen molar-refractivity contribution in [1.29, 1.82) is 0 Å². The molecule has 0 aromatic carbocycles. The van der Waals surface area contributed by atoms with Gasteiger partial charge in [-0.1, -0.05) is 13.8 Å². The molecule has 0 spiro atoms. The number of carboxylic acids is 1. The van der Waals surface area contributed by atoms with Gasteiger partial charge in [-0.2, -0.15) is 0 Å². The van der Waals surface area contributed by atoms with Crippen LogP contribution in [0.25, 0.3) is 0 Å². The first-order valence-electron chi connectivity index (χ1n) is 4.13.